The van der Waals surface area contributed by atoms with Crippen LogP contribution in [0.5, 0.6) is 0 Å². The van der Waals surface area contributed by atoms with E-state index < -0.39 is 7.26 Å². The highest BCUT2D eigenvalue weighted by Gasteiger charge is 2.44. The van der Waals surface area contributed by atoms with Crippen LogP contribution in [0.2, 0.25) is 0 Å². The summed E-state index contributed by atoms with van der Waals surface area (Å²) in [5.41, 5.74) is 0. The molecule has 3 aromatic carbocycles. The molecule has 0 aliphatic rings. The highest BCUT2D eigenvalue weighted by Crippen LogP contribution is 2.55. The molecule has 0 aromatic heterocycles. The molecule has 0 amide bonds. The van der Waals surface area contributed by atoms with E-state index in [9.17, 15) is 4.79 Å². The Morgan fingerprint density at radius 2 is 1.00 bits per heavy atom. The van der Waals surface area contributed by atoms with E-state index in [-0.39, 0.29) is 0 Å². The van der Waals surface area contributed by atoms with Crippen molar-refractivity contribution in [1.29, 1.82) is 0 Å². The van der Waals surface area contributed by atoms with Crippen molar-refractivity contribution in [2.24, 2.45) is 0 Å². The minimum absolute atomic E-state index is 0.674. The van der Waals surface area contributed by atoms with Gasteiger partial charge in [0.2, 0.25) is 0 Å². The Kier molecular flexibility index (Phi) is 6.75. The van der Waals surface area contributed by atoms with Crippen molar-refractivity contribution >= 4 is 29.5 Å². The lowest BCUT2D eigenvalue weighted by Crippen LogP contribution is -2.33. The molecule has 2 heteroatoms. The van der Waals surface area contributed by atoms with E-state index in [1.54, 1.807) is 0 Å². The molecule has 0 bridgehead atoms. The second-order valence-corrected chi connectivity index (χ2v) is 10.2. The lowest BCUT2D eigenvalue weighted by atomic mass is 10.2. The first-order valence-electron chi connectivity index (χ1n) is 9.36. The molecule has 0 heterocycles. The summed E-state index contributed by atoms with van der Waals surface area (Å²) in [6.07, 6.45) is 6.08. The number of aldehydes is 1. The van der Waals surface area contributed by atoms with Gasteiger partial charge in [-0.25, -0.2) is 0 Å². The molecule has 0 saturated heterocycles. The number of carbonyl (C=O) groups is 1. The Morgan fingerprint density at radius 3 is 1.38 bits per heavy atom. The van der Waals surface area contributed by atoms with Crippen LogP contribution >= 0.6 is 7.26 Å². The fraction of sp³-hybridized carbons (Fsp3) is 0.208. The standard InChI is InChI=1S/C24H26OP/c25-20-12-1-2-13-21-26(22-14-6-3-7-15-22,23-16-8-4-9-17-23)24-18-10-5-11-19-24/h3-11,14-20H,1-2,12-13,21H2/q+1. The summed E-state index contributed by atoms with van der Waals surface area (Å²) in [6, 6.07) is 33.0. The Hall–Kier alpha value is -2.24. The predicted molar refractivity (Wildman–Crippen MR) is 115 cm³/mol. The molecule has 0 fully saturated rings. The number of hydrogen-bond acceptors (Lipinski definition) is 1. The molecular formula is C24H26OP+. The van der Waals surface area contributed by atoms with Crippen LogP contribution in [0.1, 0.15) is 25.7 Å². The molecule has 1 nitrogen and oxygen atoms in total. The fourth-order valence-electron chi connectivity index (χ4n) is 3.64. The first-order chi connectivity index (χ1) is 12.9. The average molecular weight is 361 g/mol. The maximum absolute atomic E-state index is 10.6. The van der Waals surface area contributed by atoms with Crippen molar-refractivity contribution in [3.05, 3.63) is 91.0 Å². The van der Waals surface area contributed by atoms with Gasteiger partial charge in [-0.1, -0.05) is 54.6 Å². The summed E-state index contributed by atoms with van der Waals surface area (Å²) < 4.78 is 0. The van der Waals surface area contributed by atoms with E-state index in [4.69, 9.17) is 0 Å². The lowest BCUT2D eigenvalue weighted by molar-refractivity contribution is -0.107. The first kappa shape index (κ1) is 18.5. The molecule has 0 unspecified atom stereocenters. The quantitative estimate of drug-likeness (QED) is 0.306. The van der Waals surface area contributed by atoms with Gasteiger partial charge in [-0.05, 0) is 55.7 Å². The molecule has 3 aromatic rings. The Bertz CT molecular complexity index is 688. The molecular weight excluding hydrogens is 335 g/mol. The van der Waals surface area contributed by atoms with Crippen molar-refractivity contribution in [3.63, 3.8) is 0 Å². The van der Waals surface area contributed by atoms with E-state index in [1.807, 2.05) is 0 Å². The zero-order chi connectivity index (χ0) is 18.1. The molecule has 0 atom stereocenters. The second kappa shape index (κ2) is 9.46. The van der Waals surface area contributed by atoms with Crippen molar-refractivity contribution in [2.75, 3.05) is 6.16 Å². The largest absolute Gasteiger partial charge is 0.303 e. The maximum Gasteiger partial charge on any atom is 0.119 e. The Balaban J connectivity index is 2.07. The van der Waals surface area contributed by atoms with Crippen LogP contribution in [-0.4, -0.2) is 12.4 Å². The first-order valence-corrected chi connectivity index (χ1v) is 11.3. The van der Waals surface area contributed by atoms with Crippen LogP contribution < -0.4 is 15.9 Å². The van der Waals surface area contributed by atoms with Crippen LogP contribution in [0, 0.1) is 0 Å². The highest BCUT2D eigenvalue weighted by atomic mass is 31.2. The van der Waals surface area contributed by atoms with Gasteiger partial charge in [0.1, 0.15) is 29.5 Å². The van der Waals surface area contributed by atoms with Gasteiger partial charge in [-0.2, -0.15) is 0 Å². The number of benzene rings is 3. The van der Waals surface area contributed by atoms with E-state index in [0.717, 1.165) is 31.7 Å². The Labute approximate surface area is 157 Å². The fourth-order valence-corrected chi connectivity index (χ4v) is 8.05. The van der Waals surface area contributed by atoms with Crippen molar-refractivity contribution in [3.8, 4) is 0 Å². The monoisotopic (exact) mass is 361 g/mol. The predicted octanol–water partition coefficient (Wildman–Crippen LogP) is 4.74. The minimum Gasteiger partial charge on any atom is -0.303 e. The molecule has 132 valence electrons. The van der Waals surface area contributed by atoms with Gasteiger partial charge in [-0.3, -0.25) is 0 Å². The zero-order valence-corrected chi connectivity index (χ0v) is 16.0. The molecule has 0 aliphatic heterocycles. The van der Waals surface area contributed by atoms with Crippen LogP contribution in [0.4, 0.5) is 0 Å². The van der Waals surface area contributed by atoms with Gasteiger partial charge in [0.15, 0.2) is 0 Å². The molecule has 0 saturated carbocycles. The van der Waals surface area contributed by atoms with E-state index in [1.165, 1.54) is 15.9 Å². The van der Waals surface area contributed by atoms with Crippen molar-refractivity contribution in [2.45, 2.75) is 25.7 Å². The van der Waals surface area contributed by atoms with Gasteiger partial charge >= 0.3 is 0 Å². The highest BCUT2D eigenvalue weighted by molar-refractivity contribution is 7.95. The van der Waals surface area contributed by atoms with Gasteiger partial charge < -0.3 is 4.79 Å². The second-order valence-electron chi connectivity index (χ2n) is 6.56. The van der Waals surface area contributed by atoms with E-state index in [2.05, 4.69) is 91.0 Å². The van der Waals surface area contributed by atoms with E-state index in [0.29, 0.717) is 6.42 Å². The van der Waals surface area contributed by atoms with Gasteiger partial charge in [0, 0.05) is 6.42 Å². The summed E-state index contributed by atoms with van der Waals surface area (Å²) >= 11 is 0. The lowest BCUT2D eigenvalue weighted by Gasteiger charge is -2.27. The average Bonchev–Trinajstić information content (AvgIpc) is 2.73. The normalized spacial score (nSPS) is 11.2. The molecule has 0 N–H and O–H groups in total. The smallest absolute Gasteiger partial charge is 0.119 e. The van der Waals surface area contributed by atoms with Crippen molar-refractivity contribution in [1.82, 2.24) is 0 Å². The van der Waals surface area contributed by atoms with Crippen molar-refractivity contribution < 1.29 is 4.79 Å². The van der Waals surface area contributed by atoms with Gasteiger partial charge in [-0.15, -0.1) is 0 Å². The third-order valence-electron chi connectivity index (χ3n) is 4.91. The summed E-state index contributed by atoms with van der Waals surface area (Å²) in [5.74, 6) is 0. The third kappa shape index (κ3) is 4.11. The van der Waals surface area contributed by atoms with Gasteiger partial charge in [0.05, 0.1) is 6.16 Å². The number of hydrogen-bond donors (Lipinski definition) is 0. The SMILES string of the molecule is O=CCCCCC[P+](c1ccccc1)(c1ccccc1)c1ccccc1. The van der Waals surface area contributed by atoms with E-state index >= 15 is 0 Å². The minimum atomic E-state index is -1.69. The summed E-state index contributed by atoms with van der Waals surface area (Å²) in [7, 11) is -1.69. The number of unbranched alkanes of at least 4 members (excludes halogenated alkanes) is 3. The summed E-state index contributed by atoms with van der Waals surface area (Å²) in [6.45, 7) is 0. The molecule has 0 radical (unpaired) electrons. The zero-order valence-electron chi connectivity index (χ0n) is 15.1. The van der Waals surface area contributed by atoms with Crippen LogP contribution in [0.15, 0.2) is 91.0 Å². The number of carbonyl (C=O) groups excluding carboxylic acids is 1. The van der Waals surface area contributed by atoms with Crippen LogP contribution in [-0.2, 0) is 4.79 Å². The molecule has 0 spiro atoms. The van der Waals surface area contributed by atoms with Crippen LogP contribution in [0.3, 0.4) is 0 Å². The number of rotatable bonds is 9. The molecule has 0 aliphatic carbocycles. The maximum atomic E-state index is 10.6. The summed E-state index contributed by atoms with van der Waals surface area (Å²) in [5, 5.41) is 4.31. The topological polar surface area (TPSA) is 17.1 Å². The molecule has 3 rings (SSSR count). The summed E-state index contributed by atoms with van der Waals surface area (Å²) in [4.78, 5) is 10.6. The van der Waals surface area contributed by atoms with Gasteiger partial charge in [0.25, 0.3) is 0 Å². The third-order valence-corrected chi connectivity index (χ3v) is 9.43. The molecule has 26 heavy (non-hydrogen) atoms. The Morgan fingerprint density at radius 1 is 0.577 bits per heavy atom. The van der Waals surface area contributed by atoms with Crippen LogP contribution in [0.25, 0.3) is 0 Å².